The summed E-state index contributed by atoms with van der Waals surface area (Å²) in [6.07, 6.45) is 2.06. The highest BCUT2D eigenvalue weighted by atomic mass is 16.5. The van der Waals surface area contributed by atoms with Crippen LogP contribution in [-0.2, 0) is 13.6 Å². The molecule has 2 aromatic rings. The Labute approximate surface area is 108 Å². The molecule has 1 aromatic carbocycles. The summed E-state index contributed by atoms with van der Waals surface area (Å²) in [7, 11) is 3.75. The van der Waals surface area contributed by atoms with Gasteiger partial charge < -0.3 is 14.6 Å². The highest BCUT2D eigenvalue weighted by Gasteiger charge is 2.05. The Hall–Kier alpha value is -1.74. The van der Waals surface area contributed by atoms with Crippen LogP contribution in [0.1, 0.15) is 24.2 Å². The van der Waals surface area contributed by atoms with E-state index in [0.717, 1.165) is 12.3 Å². The van der Waals surface area contributed by atoms with Gasteiger partial charge in [-0.1, -0.05) is 12.1 Å². The molecule has 3 nitrogen and oxygen atoms in total. The molecule has 0 aliphatic carbocycles. The van der Waals surface area contributed by atoms with Crippen LogP contribution in [0.15, 0.2) is 42.6 Å². The molecule has 0 bridgehead atoms. The summed E-state index contributed by atoms with van der Waals surface area (Å²) >= 11 is 0. The van der Waals surface area contributed by atoms with Gasteiger partial charge in [0.1, 0.15) is 5.75 Å². The maximum Gasteiger partial charge on any atom is 0.118 e. The SMILES string of the molecule is COc1ccc([C@@H](C)NCc2cccn2C)cc1. The third-order valence-electron chi connectivity index (χ3n) is 3.26. The molecule has 0 aliphatic rings. The fraction of sp³-hybridized carbons (Fsp3) is 0.333. The lowest BCUT2D eigenvalue weighted by Crippen LogP contribution is -2.19. The summed E-state index contributed by atoms with van der Waals surface area (Å²) in [5, 5.41) is 3.52. The fourth-order valence-electron chi connectivity index (χ4n) is 1.95. The van der Waals surface area contributed by atoms with Gasteiger partial charge in [-0.05, 0) is 36.8 Å². The smallest absolute Gasteiger partial charge is 0.118 e. The summed E-state index contributed by atoms with van der Waals surface area (Å²) in [5.41, 5.74) is 2.56. The van der Waals surface area contributed by atoms with Gasteiger partial charge in [0.2, 0.25) is 0 Å². The van der Waals surface area contributed by atoms with Crippen molar-refractivity contribution >= 4 is 0 Å². The van der Waals surface area contributed by atoms with Gasteiger partial charge in [-0.25, -0.2) is 0 Å². The maximum absolute atomic E-state index is 5.16. The van der Waals surface area contributed by atoms with E-state index in [4.69, 9.17) is 4.74 Å². The molecule has 1 N–H and O–H groups in total. The molecule has 2 rings (SSSR count). The van der Waals surface area contributed by atoms with Crippen LogP contribution in [0.2, 0.25) is 0 Å². The highest BCUT2D eigenvalue weighted by Crippen LogP contribution is 2.17. The zero-order valence-corrected chi connectivity index (χ0v) is 11.2. The quantitative estimate of drug-likeness (QED) is 0.875. The lowest BCUT2D eigenvalue weighted by Gasteiger charge is -2.15. The Kier molecular flexibility index (Phi) is 4.05. The van der Waals surface area contributed by atoms with Crippen molar-refractivity contribution in [2.24, 2.45) is 7.05 Å². The van der Waals surface area contributed by atoms with Gasteiger partial charge in [-0.2, -0.15) is 0 Å². The molecule has 0 saturated carbocycles. The molecule has 18 heavy (non-hydrogen) atoms. The van der Waals surface area contributed by atoms with E-state index in [-0.39, 0.29) is 0 Å². The Morgan fingerprint density at radius 2 is 1.94 bits per heavy atom. The first-order valence-corrected chi connectivity index (χ1v) is 6.18. The predicted molar refractivity (Wildman–Crippen MR) is 73.7 cm³/mol. The Morgan fingerprint density at radius 3 is 2.50 bits per heavy atom. The molecular formula is C15H20N2O. The standard InChI is InChI=1S/C15H20N2O/c1-12(13-6-8-15(18-3)9-7-13)16-11-14-5-4-10-17(14)2/h4-10,12,16H,11H2,1-3H3/t12-/m1/s1. The average Bonchev–Trinajstić information content (AvgIpc) is 2.81. The molecule has 0 unspecified atom stereocenters. The van der Waals surface area contributed by atoms with E-state index in [1.165, 1.54) is 11.3 Å². The van der Waals surface area contributed by atoms with Crippen molar-refractivity contribution in [3.8, 4) is 5.75 Å². The predicted octanol–water partition coefficient (Wildman–Crippen LogP) is 2.88. The van der Waals surface area contributed by atoms with Crippen molar-refractivity contribution in [1.82, 2.24) is 9.88 Å². The molecule has 1 atom stereocenters. The maximum atomic E-state index is 5.16. The highest BCUT2D eigenvalue weighted by molar-refractivity contribution is 5.28. The lowest BCUT2D eigenvalue weighted by atomic mass is 10.1. The van der Waals surface area contributed by atoms with Crippen LogP contribution < -0.4 is 10.1 Å². The van der Waals surface area contributed by atoms with Crippen molar-refractivity contribution < 1.29 is 4.74 Å². The minimum Gasteiger partial charge on any atom is -0.497 e. The zero-order valence-electron chi connectivity index (χ0n) is 11.2. The normalized spacial score (nSPS) is 12.4. The number of ether oxygens (including phenoxy) is 1. The Balaban J connectivity index is 1.94. The number of methoxy groups -OCH3 is 1. The third kappa shape index (κ3) is 2.93. The first kappa shape index (κ1) is 12.7. The summed E-state index contributed by atoms with van der Waals surface area (Å²) in [6, 6.07) is 12.7. The number of aryl methyl sites for hydroxylation is 1. The second kappa shape index (κ2) is 5.74. The second-order valence-corrected chi connectivity index (χ2v) is 4.49. The van der Waals surface area contributed by atoms with Crippen LogP contribution in [0, 0.1) is 0 Å². The Bertz CT molecular complexity index is 487. The topological polar surface area (TPSA) is 26.2 Å². The first-order valence-electron chi connectivity index (χ1n) is 6.18. The van der Waals surface area contributed by atoms with Crippen LogP contribution >= 0.6 is 0 Å². The van der Waals surface area contributed by atoms with Gasteiger partial charge in [0, 0.05) is 31.5 Å². The van der Waals surface area contributed by atoms with Crippen LogP contribution in [0.3, 0.4) is 0 Å². The number of aromatic nitrogens is 1. The number of nitrogens with one attached hydrogen (secondary N) is 1. The lowest BCUT2D eigenvalue weighted by molar-refractivity contribution is 0.414. The number of benzene rings is 1. The first-order chi connectivity index (χ1) is 8.70. The van der Waals surface area contributed by atoms with Crippen molar-refractivity contribution in [3.05, 3.63) is 53.9 Å². The van der Waals surface area contributed by atoms with E-state index in [0.29, 0.717) is 6.04 Å². The molecule has 0 saturated heterocycles. The molecule has 0 radical (unpaired) electrons. The van der Waals surface area contributed by atoms with E-state index in [1.807, 2.05) is 12.1 Å². The van der Waals surface area contributed by atoms with Gasteiger partial charge in [0.15, 0.2) is 0 Å². The molecule has 0 aliphatic heterocycles. The monoisotopic (exact) mass is 244 g/mol. The molecule has 0 fully saturated rings. The fourth-order valence-corrected chi connectivity index (χ4v) is 1.95. The average molecular weight is 244 g/mol. The van der Waals surface area contributed by atoms with E-state index >= 15 is 0 Å². The number of hydrogen-bond donors (Lipinski definition) is 1. The van der Waals surface area contributed by atoms with Crippen LogP contribution in [-0.4, -0.2) is 11.7 Å². The zero-order chi connectivity index (χ0) is 13.0. The summed E-state index contributed by atoms with van der Waals surface area (Å²) < 4.78 is 7.29. The summed E-state index contributed by atoms with van der Waals surface area (Å²) in [4.78, 5) is 0. The van der Waals surface area contributed by atoms with E-state index < -0.39 is 0 Å². The van der Waals surface area contributed by atoms with Gasteiger partial charge in [-0.3, -0.25) is 0 Å². The molecule has 3 heteroatoms. The molecule has 0 amide bonds. The van der Waals surface area contributed by atoms with Crippen molar-refractivity contribution in [1.29, 1.82) is 0 Å². The van der Waals surface area contributed by atoms with Gasteiger partial charge in [0.25, 0.3) is 0 Å². The third-order valence-corrected chi connectivity index (χ3v) is 3.26. The minimum absolute atomic E-state index is 0.325. The Morgan fingerprint density at radius 1 is 1.22 bits per heavy atom. The largest absolute Gasteiger partial charge is 0.497 e. The van der Waals surface area contributed by atoms with Crippen molar-refractivity contribution in [3.63, 3.8) is 0 Å². The number of hydrogen-bond acceptors (Lipinski definition) is 2. The summed E-state index contributed by atoms with van der Waals surface area (Å²) in [6.45, 7) is 3.04. The molecular weight excluding hydrogens is 224 g/mol. The van der Waals surface area contributed by atoms with Gasteiger partial charge >= 0.3 is 0 Å². The number of rotatable bonds is 5. The van der Waals surface area contributed by atoms with Crippen LogP contribution in [0.5, 0.6) is 5.75 Å². The van der Waals surface area contributed by atoms with Gasteiger partial charge in [0.05, 0.1) is 7.11 Å². The number of nitrogens with zero attached hydrogens (tertiary/aromatic N) is 1. The van der Waals surface area contributed by atoms with Crippen molar-refractivity contribution in [2.45, 2.75) is 19.5 Å². The van der Waals surface area contributed by atoms with E-state index in [2.05, 4.69) is 54.3 Å². The van der Waals surface area contributed by atoms with Crippen LogP contribution in [0.4, 0.5) is 0 Å². The summed E-state index contributed by atoms with van der Waals surface area (Å²) in [5.74, 6) is 0.897. The minimum atomic E-state index is 0.325. The van der Waals surface area contributed by atoms with Gasteiger partial charge in [-0.15, -0.1) is 0 Å². The molecule has 96 valence electrons. The van der Waals surface area contributed by atoms with E-state index in [9.17, 15) is 0 Å². The molecule has 0 spiro atoms. The molecule has 1 heterocycles. The van der Waals surface area contributed by atoms with E-state index in [1.54, 1.807) is 7.11 Å². The van der Waals surface area contributed by atoms with Crippen molar-refractivity contribution in [2.75, 3.05) is 7.11 Å². The molecule has 1 aromatic heterocycles. The van der Waals surface area contributed by atoms with Crippen LogP contribution in [0.25, 0.3) is 0 Å². The second-order valence-electron chi connectivity index (χ2n) is 4.49.